The standard InChI is InChI=1S/C12H12N2O3/c1-2-17-12(16)10-9(11(15)14-13-10)8-6-4-3-5-7-8/h3-7H,2H2,1H3,(H2,13,14,15). The summed E-state index contributed by atoms with van der Waals surface area (Å²) in [6.45, 7) is 1.98. The van der Waals surface area contributed by atoms with Crippen molar-refractivity contribution < 1.29 is 9.53 Å². The average molecular weight is 232 g/mol. The molecule has 0 spiro atoms. The van der Waals surface area contributed by atoms with E-state index in [1.807, 2.05) is 6.07 Å². The van der Waals surface area contributed by atoms with Crippen LogP contribution in [0.2, 0.25) is 0 Å². The summed E-state index contributed by atoms with van der Waals surface area (Å²) < 4.78 is 4.87. The molecule has 0 fully saturated rings. The van der Waals surface area contributed by atoms with Crippen LogP contribution in [0.15, 0.2) is 35.1 Å². The topological polar surface area (TPSA) is 75.0 Å². The van der Waals surface area contributed by atoms with Crippen LogP contribution in [0.3, 0.4) is 0 Å². The molecule has 88 valence electrons. The number of rotatable bonds is 3. The molecule has 1 heterocycles. The first-order chi connectivity index (χ1) is 8.24. The first-order valence-electron chi connectivity index (χ1n) is 5.27. The predicted molar refractivity (Wildman–Crippen MR) is 62.8 cm³/mol. The molecule has 5 nitrogen and oxygen atoms in total. The number of H-pyrrole nitrogens is 2. The fourth-order valence-electron chi connectivity index (χ4n) is 1.59. The Morgan fingerprint density at radius 2 is 1.94 bits per heavy atom. The number of hydrogen-bond acceptors (Lipinski definition) is 3. The minimum Gasteiger partial charge on any atom is -0.461 e. The average Bonchev–Trinajstić information content (AvgIpc) is 2.73. The molecule has 0 saturated carbocycles. The third-order valence-electron chi connectivity index (χ3n) is 2.32. The van der Waals surface area contributed by atoms with Crippen LogP contribution >= 0.6 is 0 Å². The summed E-state index contributed by atoms with van der Waals surface area (Å²) in [5.74, 6) is -0.537. The summed E-state index contributed by atoms with van der Waals surface area (Å²) in [5, 5.41) is 4.94. The van der Waals surface area contributed by atoms with E-state index in [0.29, 0.717) is 11.1 Å². The lowest BCUT2D eigenvalue weighted by atomic mass is 10.1. The summed E-state index contributed by atoms with van der Waals surface area (Å²) in [5.41, 5.74) is 0.810. The van der Waals surface area contributed by atoms with Gasteiger partial charge >= 0.3 is 5.97 Å². The van der Waals surface area contributed by atoms with Gasteiger partial charge < -0.3 is 4.74 Å². The number of carbonyl (C=O) groups excluding carboxylic acids is 1. The molecule has 0 aliphatic carbocycles. The van der Waals surface area contributed by atoms with E-state index < -0.39 is 5.97 Å². The van der Waals surface area contributed by atoms with E-state index in [1.54, 1.807) is 31.2 Å². The van der Waals surface area contributed by atoms with Gasteiger partial charge in [0.05, 0.1) is 12.2 Å². The van der Waals surface area contributed by atoms with Gasteiger partial charge in [0, 0.05) is 0 Å². The van der Waals surface area contributed by atoms with Crippen molar-refractivity contribution in [3.63, 3.8) is 0 Å². The van der Waals surface area contributed by atoms with Gasteiger partial charge in [-0.1, -0.05) is 30.3 Å². The summed E-state index contributed by atoms with van der Waals surface area (Å²) in [7, 11) is 0. The lowest BCUT2D eigenvalue weighted by molar-refractivity contribution is 0.0520. The molecule has 0 saturated heterocycles. The first-order valence-corrected chi connectivity index (χ1v) is 5.27. The maximum Gasteiger partial charge on any atom is 0.357 e. The minimum absolute atomic E-state index is 0.156. The Labute approximate surface area is 97.4 Å². The van der Waals surface area contributed by atoms with Crippen LogP contribution in [0.4, 0.5) is 0 Å². The second-order valence-corrected chi connectivity index (χ2v) is 3.42. The summed E-state index contributed by atoms with van der Waals surface area (Å²) in [6.07, 6.45) is 0. The second-order valence-electron chi connectivity index (χ2n) is 3.42. The van der Waals surface area contributed by atoms with Crippen LogP contribution < -0.4 is 5.56 Å². The normalized spacial score (nSPS) is 10.2. The van der Waals surface area contributed by atoms with Crippen molar-refractivity contribution >= 4 is 5.97 Å². The zero-order chi connectivity index (χ0) is 12.3. The van der Waals surface area contributed by atoms with Gasteiger partial charge in [-0.15, -0.1) is 0 Å². The number of ether oxygens (including phenoxy) is 1. The van der Waals surface area contributed by atoms with Gasteiger partial charge in [-0.3, -0.25) is 15.0 Å². The van der Waals surface area contributed by atoms with Gasteiger partial charge in [0.2, 0.25) is 0 Å². The molecule has 2 aromatic rings. The van der Waals surface area contributed by atoms with E-state index in [9.17, 15) is 9.59 Å². The zero-order valence-corrected chi connectivity index (χ0v) is 9.32. The van der Waals surface area contributed by atoms with Gasteiger partial charge in [0.1, 0.15) is 0 Å². The van der Waals surface area contributed by atoms with E-state index in [0.717, 1.165) is 0 Å². The molecule has 2 rings (SSSR count). The molecule has 5 heteroatoms. The summed E-state index contributed by atoms with van der Waals surface area (Å²) in [4.78, 5) is 23.3. The van der Waals surface area contributed by atoms with Crippen molar-refractivity contribution in [1.82, 2.24) is 10.2 Å². The fraction of sp³-hybridized carbons (Fsp3) is 0.167. The van der Waals surface area contributed by atoms with Gasteiger partial charge in [-0.05, 0) is 12.5 Å². The molecule has 0 radical (unpaired) electrons. The zero-order valence-electron chi connectivity index (χ0n) is 9.32. The Balaban J connectivity index is 2.51. The molecule has 0 bridgehead atoms. The van der Waals surface area contributed by atoms with Crippen molar-refractivity contribution in [1.29, 1.82) is 0 Å². The molecule has 0 aliphatic rings. The van der Waals surface area contributed by atoms with Gasteiger partial charge in [0.25, 0.3) is 5.56 Å². The van der Waals surface area contributed by atoms with Crippen LogP contribution in [0, 0.1) is 0 Å². The van der Waals surface area contributed by atoms with Crippen LogP contribution in [-0.4, -0.2) is 22.8 Å². The number of aromatic amines is 2. The van der Waals surface area contributed by atoms with Gasteiger partial charge in [0.15, 0.2) is 5.69 Å². The molecule has 0 aliphatic heterocycles. The molecule has 2 N–H and O–H groups in total. The van der Waals surface area contributed by atoms with E-state index in [4.69, 9.17) is 4.74 Å². The highest BCUT2D eigenvalue weighted by Crippen LogP contribution is 2.18. The maximum atomic E-state index is 11.7. The van der Waals surface area contributed by atoms with E-state index in [2.05, 4.69) is 10.2 Å². The monoisotopic (exact) mass is 232 g/mol. The SMILES string of the molecule is CCOC(=O)c1[nH][nH]c(=O)c1-c1ccccc1. The van der Waals surface area contributed by atoms with E-state index >= 15 is 0 Å². The highest BCUT2D eigenvalue weighted by Gasteiger charge is 2.19. The quantitative estimate of drug-likeness (QED) is 0.788. The number of aromatic nitrogens is 2. The van der Waals surface area contributed by atoms with Crippen molar-refractivity contribution in [2.45, 2.75) is 6.92 Å². The van der Waals surface area contributed by atoms with Crippen LogP contribution in [0.1, 0.15) is 17.4 Å². The molecule has 0 atom stereocenters. The summed E-state index contributed by atoms with van der Waals surface area (Å²) >= 11 is 0. The molecular weight excluding hydrogens is 220 g/mol. The van der Waals surface area contributed by atoms with Crippen LogP contribution in [0.5, 0.6) is 0 Å². The lowest BCUT2D eigenvalue weighted by Gasteiger charge is -2.02. The highest BCUT2D eigenvalue weighted by atomic mass is 16.5. The van der Waals surface area contributed by atoms with E-state index in [1.165, 1.54) is 0 Å². The predicted octanol–water partition coefficient (Wildman–Crippen LogP) is 1.55. The molecular formula is C12H12N2O3. The molecule has 0 unspecified atom stereocenters. The number of carbonyl (C=O) groups is 1. The fourth-order valence-corrected chi connectivity index (χ4v) is 1.59. The third kappa shape index (κ3) is 2.13. The number of esters is 1. The number of nitrogens with one attached hydrogen (secondary N) is 2. The molecule has 1 aromatic carbocycles. The maximum absolute atomic E-state index is 11.7. The van der Waals surface area contributed by atoms with Crippen molar-refractivity contribution in [3.8, 4) is 11.1 Å². The molecule has 1 aromatic heterocycles. The van der Waals surface area contributed by atoms with Crippen molar-refractivity contribution in [3.05, 3.63) is 46.4 Å². The van der Waals surface area contributed by atoms with Gasteiger partial charge in [-0.2, -0.15) is 0 Å². The highest BCUT2D eigenvalue weighted by molar-refractivity contribution is 5.94. The third-order valence-corrected chi connectivity index (χ3v) is 2.32. The Morgan fingerprint density at radius 1 is 1.24 bits per heavy atom. The van der Waals surface area contributed by atoms with Crippen molar-refractivity contribution in [2.75, 3.05) is 6.61 Å². The summed E-state index contributed by atoms with van der Waals surface area (Å²) in [6, 6.07) is 8.98. The van der Waals surface area contributed by atoms with Crippen LogP contribution in [0.25, 0.3) is 11.1 Å². The van der Waals surface area contributed by atoms with E-state index in [-0.39, 0.29) is 17.9 Å². The van der Waals surface area contributed by atoms with Crippen LogP contribution in [-0.2, 0) is 4.74 Å². The molecule has 0 amide bonds. The smallest absolute Gasteiger partial charge is 0.357 e. The Kier molecular flexibility index (Phi) is 3.09. The Morgan fingerprint density at radius 3 is 2.59 bits per heavy atom. The second kappa shape index (κ2) is 4.69. The van der Waals surface area contributed by atoms with Crippen molar-refractivity contribution in [2.24, 2.45) is 0 Å². The minimum atomic E-state index is -0.537. The number of benzene rings is 1. The Hall–Kier alpha value is -2.30. The lowest BCUT2D eigenvalue weighted by Crippen LogP contribution is -2.08. The Bertz CT molecular complexity index is 569. The number of hydrogen-bond donors (Lipinski definition) is 2. The van der Waals surface area contributed by atoms with Gasteiger partial charge in [-0.25, -0.2) is 4.79 Å². The first kappa shape index (κ1) is 11.2. The molecule has 17 heavy (non-hydrogen) atoms. The largest absolute Gasteiger partial charge is 0.461 e.